The van der Waals surface area contributed by atoms with Gasteiger partial charge < -0.3 is 9.84 Å². The zero-order valence-corrected chi connectivity index (χ0v) is 16.5. The van der Waals surface area contributed by atoms with Gasteiger partial charge >= 0.3 is 5.97 Å². The summed E-state index contributed by atoms with van der Waals surface area (Å²) < 4.78 is 33.6. The lowest BCUT2D eigenvalue weighted by Crippen LogP contribution is -2.19. The van der Waals surface area contributed by atoms with Crippen LogP contribution in [-0.2, 0) is 9.53 Å². The van der Waals surface area contributed by atoms with Crippen LogP contribution in [0, 0.1) is 18.6 Å². The molecular formula is C22H21F2NO4. The molecule has 0 aliphatic carbocycles. The number of phenolic OH excluding ortho intramolecular Hbond substituents is 1. The molecule has 3 rings (SSSR count). The highest BCUT2D eigenvalue weighted by Crippen LogP contribution is 2.35. The first-order valence-corrected chi connectivity index (χ1v) is 9.16. The van der Waals surface area contributed by atoms with Gasteiger partial charge in [-0.05, 0) is 69.7 Å². The van der Waals surface area contributed by atoms with Gasteiger partial charge in [-0.25, -0.2) is 8.78 Å². The molecule has 0 radical (unpaired) electrons. The Morgan fingerprint density at radius 1 is 1.03 bits per heavy atom. The number of carbonyl (C=O) groups excluding carboxylic acids is 2. The zero-order valence-electron chi connectivity index (χ0n) is 16.5. The van der Waals surface area contributed by atoms with Crippen LogP contribution in [0.4, 0.5) is 8.78 Å². The number of aromatic nitrogens is 1. The number of esters is 1. The van der Waals surface area contributed by atoms with E-state index in [1.165, 1.54) is 22.8 Å². The number of benzene rings is 2. The smallest absolute Gasteiger partial charge is 0.313 e. The molecule has 5 nitrogen and oxygen atoms in total. The zero-order chi connectivity index (χ0) is 21.5. The maximum atomic E-state index is 13.7. The Kier molecular flexibility index (Phi) is 5.42. The molecule has 2 aromatic carbocycles. The molecule has 0 saturated carbocycles. The lowest BCUT2D eigenvalue weighted by atomic mass is 9.98. The summed E-state index contributed by atoms with van der Waals surface area (Å²) in [6, 6.07) is 7.34. The van der Waals surface area contributed by atoms with E-state index in [1.54, 1.807) is 33.8 Å². The lowest BCUT2D eigenvalue weighted by molar-refractivity contribution is -0.148. The Bertz CT molecular complexity index is 1120. The largest absolute Gasteiger partial charge is 0.508 e. The van der Waals surface area contributed by atoms with E-state index in [9.17, 15) is 23.5 Å². The average Bonchev–Trinajstić information content (AvgIpc) is 2.93. The van der Waals surface area contributed by atoms with Gasteiger partial charge in [0.25, 0.3) is 5.91 Å². The Hall–Kier alpha value is -3.22. The summed E-state index contributed by atoms with van der Waals surface area (Å²) >= 11 is 0. The van der Waals surface area contributed by atoms with Crippen LogP contribution in [-0.4, -0.2) is 27.7 Å². The van der Waals surface area contributed by atoms with Crippen LogP contribution in [0.5, 0.6) is 5.75 Å². The lowest BCUT2D eigenvalue weighted by Gasteiger charge is -2.15. The second-order valence-corrected chi connectivity index (χ2v) is 7.18. The number of halogens is 2. The van der Waals surface area contributed by atoms with Gasteiger partial charge in [-0.1, -0.05) is 0 Å². The van der Waals surface area contributed by atoms with Crippen molar-refractivity contribution in [3.63, 3.8) is 0 Å². The third-order valence-corrected chi connectivity index (χ3v) is 4.74. The molecule has 0 aliphatic rings. The number of carbonyl (C=O) groups is 2. The third kappa shape index (κ3) is 3.72. The minimum atomic E-state index is -1.13. The number of hydrogen-bond acceptors (Lipinski definition) is 4. The summed E-state index contributed by atoms with van der Waals surface area (Å²) in [5, 5.41) is 10.4. The van der Waals surface area contributed by atoms with Crippen molar-refractivity contribution in [2.75, 3.05) is 0 Å². The first kappa shape index (κ1) is 20.5. The Morgan fingerprint density at radius 3 is 2.34 bits per heavy atom. The molecular weight excluding hydrogens is 380 g/mol. The van der Waals surface area contributed by atoms with Gasteiger partial charge in [0.05, 0.1) is 17.5 Å². The van der Waals surface area contributed by atoms with Gasteiger partial charge in [0.2, 0.25) is 0 Å². The number of rotatable bonds is 4. The van der Waals surface area contributed by atoms with Crippen LogP contribution < -0.4 is 0 Å². The molecule has 0 amide bonds. The van der Waals surface area contributed by atoms with Crippen molar-refractivity contribution in [1.82, 2.24) is 4.57 Å². The monoisotopic (exact) mass is 401 g/mol. The highest BCUT2D eigenvalue weighted by Gasteiger charge is 2.28. The molecule has 1 heterocycles. The van der Waals surface area contributed by atoms with Crippen molar-refractivity contribution >= 4 is 22.8 Å². The Balaban J connectivity index is 2.20. The predicted octanol–water partition coefficient (Wildman–Crippen LogP) is 4.68. The Labute approximate surface area is 166 Å². The fourth-order valence-electron chi connectivity index (χ4n) is 3.45. The van der Waals surface area contributed by atoms with Crippen molar-refractivity contribution < 1.29 is 28.2 Å². The maximum absolute atomic E-state index is 13.7. The van der Waals surface area contributed by atoms with Crippen LogP contribution in [0.15, 0.2) is 36.4 Å². The van der Waals surface area contributed by atoms with Gasteiger partial charge in [0.1, 0.15) is 5.75 Å². The number of hydrogen-bond donors (Lipinski definition) is 1. The van der Waals surface area contributed by atoms with Crippen molar-refractivity contribution in [2.45, 2.75) is 39.7 Å². The summed E-state index contributed by atoms with van der Waals surface area (Å²) in [6.45, 7) is 6.78. The van der Waals surface area contributed by atoms with E-state index < -0.39 is 29.4 Å². The molecule has 1 aromatic heterocycles. The number of fused-ring (bicyclic) bond motifs is 1. The molecule has 0 spiro atoms. The summed E-state index contributed by atoms with van der Waals surface area (Å²) in [6.07, 6.45) is -0.309. The van der Waals surface area contributed by atoms with Crippen LogP contribution >= 0.6 is 0 Å². The van der Waals surface area contributed by atoms with E-state index in [1.807, 2.05) is 0 Å². The quantitative estimate of drug-likeness (QED) is 0.645. The summed E-state index contributed by atoms with van der Waals surface area (Å²) in [7, 11) is 0. The standard InChI is InChI=1S/C22H21F2NO4/c1-11(2)29-22(28)12(3)20-13(4)25(19-8-6-15(26)10-16(19)20)21(27)14-5-7-17(23)18(24)9-14/h5-12,26H,1-4H3/t12-/m1/s1. The first-order chi connectivity index (χ1) is 13.6. The average molecular weight is 401 g/mol. The SMILES string of the molecule is Cc1c([C@@H](C)C(=O)OC(C)C)c2cc(O)ccc2n1C(=O)c1ccc(F)c(F)c1. The maximum Gasteiger partial charge on any atom is 0.313 e. The van der Waals surface area contributed by atoms with Gasteiger partial charge in [-0.3, -0.25) is 14.2 Å². The van der Waals surface area contributed by atoms with Gasteiger partial charge in [-0.15, -0.1) is 0 Å². The highest BCUT2D eigenvalue weighted by molar-refractivity contribution is 6.05. The van der Waals surface area contributed by atoms with Gasteiger partial charge in [0, 0.05) is 16.6 Å². The third-order valence-electron chi connectivity index (χ3n) is 4.74. The van der Waals surface area contributed by atoms with Gasteiger partial charge in [-0.2, -0.15) is 0 Å². The first-order valence-electron chi connectivity index (χ1n) is 9.16. The van der Waals surface area contributed by atoms with E-state index in [0.717, 1.165) is 12.1 Å². The second-order valence-electron chi connectivity index (χ2n) is 7.18. The molecule has 0 saturated heterocycles. The number of nitrogens with zero attached hydrogens (tertiary/aromatic N) is 1. The minimum absolute atomic E-state index is 0.0272. The molecule has 0 fully saturated rings. The van der Waals surface area contributed by atoms with E-state index >= 15 is 0 Å². The van der Waals surface area contributed by atoms with Crippen molar-refractivity contribution in [1.29, 1.82) is 0 Å². The van der Waals surface area contributed by atoms with E-state index in [0.29, 0.717) is 22.2 Å². The summed E-state index contributed by atoms with van der Waals surface area (Å²) in [4.78, 5) is 25.6. The van der Waals surface area contributed by atoms with Crippen LogP contribution in [0.1, 0.15) is 48.3 Å². The minimum Gasteiger partial charge on any atom is -0.508 e. The van der Waals surface area contributed by atoms with E-state index in [4.69, 9.17) is 4.74 Å². The normalized spacial score (nSPS) is 12.4. The molecule has 1 atom stereocenters. The molecule has 0 unspecified atom stereocenters. The Morgan fingerprint density at radius 2 is 1.72 bits per heavy atom. The highest BCUT2D eigenvalue weighted by atomic mass is 19.2. The van der Waals surface area contributed by atoms with Crippen molar-refractivity contribution in [3.8, 4) is 5.75 Å². The number of ether oxygens (including phenoxy) is 1. The van der Waals surface area contributed by atoms with Crippen LogP contribution in [0.2, 0.25) is 0 Å². The van der Waals surface area contributed by atoms with Crippen molar-refractivity contribution in [2.24, 2.45) is 0 Å². The van der Waals surface area contributed by atoms with E-state index in [2.05, 4.69) is 0 Å². The molecule has 29 heavy (non-hydrogen) atoms. The van der Waals surface area contributed by atoms with Crippen LogP contribution in [0.3, 0.4) is 0 Å². The fraction of sp³-hybridized carbons (Fsp3) is 0.273. The van der Waals surface area contributed by atoms with E-state index in [-0.39, 0.29) is 17.4 Å². The number of aromatic hydroxyl groups is 1. The molecule has 7 heteroatoms. The van der Waals surface area contributed by atoms with Crippen LogP contribution in [0.25, 0.3) is 10.9 Å². The molecule has 0 bridgehead atoms. The summed E-state index contributed by atoms with van der Waals surface area (Å²) in [5.41, 5.74) is 1.38. The topological polar surface area (TPSA) is 68.5 Å². The number of phenols is 1. The molecule has 1 N–H and O–H groups in total. The molecule has 3 aromatic rings. The summed E-state index contributed by atoms with van der Waals surface area (Å²) in [5.74, 6) is -3.96. The molecule has 152 valence electrons. The predicted molar refractivity (Wildman–Crippen MR) is 104 cm³/mol. The fourth-order valence-corrected chi connectivity index (χ4v) is 3.45. The molecule has 0 aliphatic heterocycles. The van der Waals surface area contributed by atoms with Gasteiger partial charge in [0.15, 0.2) is 11.6 Å². The van der Waals surface area contributed by atoms with Crippen molar-refractivity contribution in [3.05, 3.63) is 64.9 Å². The second kappa shape index (κ2) is 7.66.